The van der Waals surface area contributed by atoms with E-state index >= 15 is 0 Å². The summed E-state index contributed by atoms with van der Waals surface area (Å²) in [6.45, 7) is 8.42. The number of ether oxygens (including phenoxy) is 1. The Hall–Kier alpha value is 0.270. The van der Waals surface area contributed by atoms with E-state index in [1.54, 1.807) is 0 Å². The molecular formula is C17H35NOS. The van der Waals surface area contributed by atoms with Gasteiger partial charge in [0.25, 0.3) is 0 Å². The van der Waals surface area contributed by atoms with Crippen LogP contribution in [0.1, 0.15) is 52.4 Å². The van der Waals surface area contributed by atoms with Gasteiger partial charge in [-0.3, -0.25) is 4.90 Å². The third-order valence-corrected chi connectivity index (χ3v) is 6.66. The van der Waals surface area contributed by atoms with Crippen molar-refractivity contribution in [2.45, 2.75) is 58.5 Å². The van der Waals surface area contributed by atoms with E-state index in [-0.39, 0.29) is 10.9 Å². The van der Waals surface area contributed by atoms with E-state index in [0.717, 1.165) is 18.4 Å². The van der Waals surface area contributed by atoms with Gasteiger partial charge in [-0.25, -0.2) is 10.9 Å². The summed E-state index contributed by atoms with van der Waals surface area (Å²) in [6.07, 6.45) is 11.3. The minimum absolute atomic E-state index is 0.144. The summed E-state index contributed by atoms with van der Waals surface area (Å²) in [7, 11) is 0.144. The molecule has 2 heterocycles. The van der Waals surface area contributed by atoms with Gasteiger partial charge >= 0.3 is 0 Å². The van der Waals surface area contributed by atoms with Crippen LogP contribution in [-0.2, 0) is 4.74 Å². The van der Waals surface area contributed by atoms with E-state index < -0.39 is 0 Å². The summed E-state index contributed by atoms with van der Waals surface area (Å²) < 4.78 is 5.90. The molecule has 0 N–H and O–H groups in total. The standard InChI is InChI=1S/C17H35NOS/c1-15(2)12-16-7-9-18(10-8-16)14-20(3)13-17-6-4-5-11-19-17/h15-17,20H,4-14H2,1-3H3. The summed E-state index contributed by atoms with van der Waals surface area (Å²) >= 11 is 0. The summed E-state index contributed by atoms with van der Waals surface area (Å²) in [5.41, 5.74) is 0. The second kappa shape index (κ2) is 8.65. The highest BCUT2D eigenvalue weighted by Crippen LogP contribution is 2.30. The van der Waals surface area contributed by atoms with Crippen LogP contribution in [0.2, 0.25) is 0 Å². The maximum Gasteiger partial charge on any atom is 0.0649 e. The fourth-order valence-electron chi connectivity index (χ4n) is 3.73. The lowest BCUT2D eigenvalue weighted by Crippen LogP contribution is -2.35. The lowest BCUT2D eigenvalue weighted by atomic mass is 9.89. The van der Waals surface area contributed by atoms with E-state index in [2.05, 4.69) is 25.0 Å². The molecular weight excluding hydrogens is 266 g/mol. The fourth-order valence-corrected chi connectivity index (χ4v) is 5.79. The molecule has 120 valence electrons. The van der Waals surface area contributed by atoms with Crippen molar-refractivity contribution >= 4 is 10.9 Å². The molecule has 0 aromatic heterocycles. The summed E-state index contributed by atoms with van der Waals surface area (Å²) in [4.78, 5) is 2.73. The number of hydrogen-bond acceptors (Lipinski definition) is 2. The van der Waals surface area contributed by atoms with Crippen LogP contribution in [0.4, 0.5) is 0 Å². The van der Waals surface area contributed by atoms with Crippen LogP contribution in [0, 0.1) is 11.8 Å². The van der Waals surface area contributed by atoms with Gasteiger partial charge in [0.15, 0.2) is 0 Å². The van der Waals surface area contributed by atoms with Crippen molar-refractivity contribution in [2.24, 2.45) is 11.8 Å². The first-order valence-corrected chi connectivity index (χ1v) is 10.8. The van der Waals surface area contributed by atoms with E-state index in [4.69, 9.17) is 4.74 Å². The molecule has 0 spiro atoms. The quantitative estimate of drug-likeness (QED) is 0.747. The Bertz CT molecular complexity index is 258. The lowest BCUT2D eigenvalue weighted by Gasteiger charge is -2.36. The number of nitrogens with zero attached hydrogens (tertiary/aromatic N) is 1. The molecule has 0 saturated carbocycles. The molecule has 0 radical (unpaired) electrons. The van der Waals surface area contributed by atoms with Gasteiger partial charge in [0, 0.05) is 18.2 Å². The number of thiol groups is 1. The van der Waals surface area contributed by atoms with Gasteiger partial charge in [0.1, 0.15) is 0 Å². The lowest BCUT2D eigenvalue weighted by molar-refractivity contribution is 0.0312. The van der Waals surface area contributed by atoms with Crippen LogP contribution in [0.5, 0.6) is 0 Å². The Balaban J connectivity index is 1.61. The first kappa shape index (κ1) is 16.6. The van der Waals surface area contributed by atoms with Gasteiger partial charge in [-0.05, 0) is 69.7 Å². The van der Waals surface area contributed by atoms with Crippen molar-refractivity contribution in [2.75, 3.05) is 37.6 Å². The predicted octanol–water partition coefficient (Wildman–Crippen LogP) is 3.90. The second-order valence-corrected chi connectivity index (χ2v) is 9.72. The van der Waals surface area contributed by atoms with Crippen molar-refractivity contribution < 1.29 is 4.74 Å². The van der Waals surface area contributed by atoms with Gasteiger partial charge in [0.05, 0.1) is 6.10 Å². The highest BCUT2D eigenvalue weighted by molar-refractivity contribution is 8.16. The fraction of sp³-hybridized carbons (Fsp3) is 1.00. The molecule has 2 aliphatic rings. The molecule has 0 aromatic rings. The van der Waals surface area contributed by atoms with Crippen molar-refractivity contribution in [1.82, 2.24) is 4.90 Å². The smallest absolute Gasteiger partial charge is 0.0649 e. The third kappa shape index (κ3) is 5.95. The van der Waals surface area contributed by atoms with Crippen LogP contribution in [0.25, 0.3) is 0 Å². The zero-order valence-corrected chi connectivity index (χ0v) is 14.7. The van der Waals surface area contributed by atoms with Gasteiger partial charge in [0.2, 0.25) is 0 Å². The Kier molecular flexibility index (Phi) is 7.20. The number of piperidine rings is 1. The highest BCUT2D eigenvalue weighted by Gasteiger charge is 2.22. The molecule has 2 fully saturated rings. The van der Waals surface area contributed by atoms with Crippen molar-refractivity contribution in [3.63, 3.8) is 0 Å². The van der Waals surface area contributed by atoms with Crippen LogP contribution in [-0.4, -0.2) is 48.6 Å². The second-order valence-electron chi connectivity index (χ2n) is 7.36. The first-order chi connectivity index (χ1) is 9.63. The van der Waals surface area contributed by atoms with Crippen LogP contribution in [0.3, 0.4) is 0 Å². The van der Waals surface area contributed by atoms with E-state index in [0.29, 0.717) is 6.10 Å². The minimum Gasteiger partial charge on any atom is -0.377 e. The summed E-state index contributed by atoms with van der Waals surface area (Å²) in [5.74, 6) is 4.56. The van der Waals surface area contributed by atoms with Gasteiger partial charge in [-0.2, -0.15) is 0 Å². The van der Waals surface area contributed by atoms with Crippen LogP contribution < -0.4 is 0 Å². The number of hydrogen-bond donors (Lipinski definition) is 1. The molecule has 3 heteroatoms. The van der Waals surface area contributed by atoms with E-state index in [1.807, 2.05) is 0 Å². The number of rotatable bonds is 6. The highest BCUT2D eigenvalue weighted by atomic mass is 32.2. The zero-order chi connectivity index (χ0) is 14.4. The molecule has 2 nitrogen and oxygen atoms in total. The van der Waals surface area contributed by atoms with Gasteiger partial charge < -0.3 is 4.74 Å². The first-order valence-electron chi connectivity index (χ1n) is 8.66. The van der Waals surface area contributed by atoms with Gasteiger partial charge in [-0.15, -0.1) is 0 Å². The summed E-state index contributed by atoms with van der Waals surface area (Å²) in [6, 6.07) is 0. The van der Waals surface area contributed by atoms with E-state index in [9.17, 15) is 0 Å². The van der Waals surface area contributed by atoms with Gasteiger partial charge in [-0.1, -0.05) is 13.8 Å². The van der Waals surface area contributed by atoms with Crippen LogP contribution >= 0.6 is 10.9 Å². The minimum atomic E-state index is 0.144. The van der Waals surface area contributed by atoms with Crippen molar-refractivity contribution in [1.29, 1.82) is 0 Å². The normalized spacial score (nSPS) is 28.8. The molecule has 0 aliphatic carbocycles. The average Bonchev–Trinajstić information content (AvgIpc) is 2.41. The summed E-state index contributed by atoms with van der Waals surface area (Å²) in [5, 5.41) is 0. The zero-order valence-electron chi connectivity index (χ0n) is 13.8. The monoisotopic (exact) mass is 301 g/mol. The molecule has 2 unspecified atom stereocenters. The molecule has 0 bridgehead atoms. The molecule has 2 saturated heterocycles. The Morgan fingerprint density at radius 1 is 1.15 bits per heavy atom. The molecule has 2 aliphatic heterocycles. The largest absolute Gasteiger partial charge is 0.377 e. The predicted molar refractivity (Wildman–Crippen MR) is 92.0 cm³/mol. The van der Waals surface area contributed by atoms with E-state index in [1.165, 1.54) is 63.2 Å². The van der Waals surface area contributed by atoms with Crippen LogP contribution in [0.15, 0.2) is 0 Å². The SMILES string of the molecule is CC(C)CC1CCN(C[SH](C)CC2CCCCO2)CC1. The number of likely N-dealkylation sites (tertiary alicyclic amines) is 1. The average molecular weight is 302 g/mol. The van der Waals surface area contributed by atoms with Crippen molar-refractivity contribution in [3.05, 3.63) is 0 Å². The maximum atomic E-state index is 5.90. The molecule has 0 aromatic carbocycles. The Morgan fingerprint density at radius 2 is 1.90 bits per heavy atom. The molecule has 2 atom stereocenters. The maximum absolute atomic E-state index is 5.90. The molecule has 20 heavy (non-hydrogen) atoms. The molecule has 0 amide bonds. The third-order valence-electron chi connectivity index (χ3n) is 4.74. The Labute approximate surface area is 129 Å². The Morgan fingerprint density at radius 3 is 2.50 bits per heavy atom. The molecule has 2 rings (SSSR count). The topological polar surface area (TPSA) is 12.5 Å². The van der Waals surface area contributed by atoms with Crippen molar-refractivity contribution in [3.8, 4) is 0 Å².